The highest BCUT2D eigenvalue weighted by molar-refractivity contribution is 9.10. The lowest BCUT2D eigenvalue weighted by Gasteiger charge is -2.10. The standard InChI is InChI=1S/C15H13BrF2N2O/c1-8-5-9(3-4-13(8)19-2)15(21)20-14-7-11(17)10(16)6-12(14)18/h3-7,19H,1-2H3,(H,20,21). The maximum atomic E-state index is 13.7. The number of benzene rings is 2. The van der Waals surface area contributed by atoms with Crippen molar-refractivity contribution >= 4 is 33.2 Å². The van der Waals surface area contributed by atoms with E-state index in [1.807, 2.05) is 6.92 Å². The first kappa shape index (κ1) is 15.4. The highest BCUT2D eigenvalue weighted by atomic mass is 79.9. The largest absolute Gasteiger partial charge is 0.388 e. The van der Waals surface area contributed by atoms with Crippen LogP contribution in [0.3, 0.4) is 0 Å². The van der Waals surface area contributed by atoms with Crippen molar-refractivity contribution in [1.82, 2.24) is 0 Å². The van der Waals surface area contributed by atoms with E-state index in [4.69, 9.17) is 0 Å². The topological polar surface area (TPSA) is 41.1 Å². The second-order valence-corrected chi connectivity index (χ2v) is 5.33. The van der Waals surface area contributed by atoms with Gasteiger partial charge in [0.2, 0.25) is 0 Å². The number of nitrogens with one attached hydrogen (secondary N) is 2. The SMILES string of the molecule is CNc1ccc(C(=O)Nc2cc(F)c(Br)cc2F)cc1C. The molecule has 21 heavy (non-hydrogen) atoms. The van der Waals surface area contributed by atoms with E-state index in [9.17, 15) is 13.6 Å². The lowest BCUT2D eigenvalue weighted by molar-refractivity contribution is 0.102. The first-order valence-electron chi connectivity index (χ1n) is 6.16. The smallest absolute Gasteiger partial charge is 0.255 e. The number of hydrogen-bond donors (Lipinski definition) is 2. The molecule has 110 valence electrons. The summed E-state index contributed by atoms with van der Waals surface area (Å²) in [4.78, 5) is 12.1. The summed E-state index contributed by atoms with van der Waals surface area (Å²) in [5, 5.41) is 5.35. The van der Waals surface area contributed by atoms with E-state index >= 15 is 0 Å². The third kappa shape index (κ3) is 3.39. The number of carbonyl (C=O) groups excluding carboxylic acids is 1. The second kappa shape index (κ2) is 6.22. The molecule has 0 aliphatic carbocycles. The first-order chi connectivity index (χ1) is 9.92. The third-order valence-corrected chi connectivity index (χ3v) is 3.62. The molecule has 0 aliphatic heterocycles. The Kier molecular flexibility index (Phi) is 4.57. The highest BCUT2D eigenvalue weighted by Crippen LogP contribution is 2.24. The van der Waals surface area contributed by atoms with E-state index in [-0.39, 0.29) is 10.2 Å². The van der Waals surface area contributed by atoms with Gasteiger partial charge >= 0.3 is 0 Å². The van der Waals surface area contributed by atoms with Gasteiger partial charge in [0.1, 0.15) is 11.6 Å². The lowest BCUT2D eigenvalue weighted by Crippen LogP contribution is -2.13. The molecule has 0 heterocycles. The van der Waals surface area contributed by atoms with Gasteiger partial charge < -0.3 is 10.6 Å². The van der Waals surface area contributed by atoms with Crippen LogP contribution in [-0.4, -0.2) is 13.0 Å². The predicted octanol–water partition coefficient (Wildman–Crippen LogP) is 4.33. The fourth-order valence-electron chi connectivity index (χ4n) is 1.90. The number of hydrogen-bond acceptors (Lipinski definition) is 2. The zero-order valence-corrected chi connectivity index (χ0v) is 13.0. The van der Waals surface area contributed by atoms with Gasteiger partial charge in [0.25, 0.3) is 5.91 Å². The molecule has 0 spiro atoms. The molecule has 0 aromatic heterocycles. The fraction of sp³-hybridized carbons (Fsp3) is 0.133. The average molecular weight is 355 g/mol. The van der Waals surface area contributed by atoms with Gasteiger partial charge in [-0.25, -0.2) is 8.78 Å². The van der Waals surface area contributed by atoms with Crippen LogP contribution in [0, 0.1) is 18.6 Å². The molecule has 0 unspecified atom stereocenters. The van der Waals surface area contributed by atoms with Crippen LogP contribution in [-0.2, 0) is 0 Å². The van der Waals surface area contributed by atoms with Gasteiger partial charge in [0.15, 0.2) is 0 Å². The number of halogens is 3. The van der Waals surface area contributed by atoms with Gasteiger partial charge in [-0.2, -0.15) is 0 Å². The molecule has 2 aromatic rings. The Morgan fingerprint density at radius 2 is 1.81 bits per heavy atom. The van der Waals surface area contributed by atoms with Crippen LogP contribution in [0.25, 0.3) is 0 Å². The summed E-state index contributed by atoms with van der Waals surface area (Å²) in [6, 6.07) is 6.95. The van der Waals surface area contributed by atoms with E-state index in [0.717, 1.165) is 23.4 Å². The van der Waals surface area contributed by atoms with Crippen LogP contribution in [0.2, 0.25) is 0 Å². The van der Waals surface area contributed by atoms with E-state index in [1.54, 1.807) is 25.2 Å². The maximum absolute atomic E-state index is 13.7. The molecule has 0 saturated carbocycles. The van der Waals surface area contributed by atoms with Crippen LogP contribution in [0.5, 0.6) is 0 Å². The summed E-state index contributed by atoms with van der Waals surface area (Å²) in [7, 11) is 1.78. The Labute approximate surface area is 129 Å². The quantitative estimate of drug-likeness (QED) is 0.805. The van der Waals surface area contributed by atoms with Gasteiger partial charge in [-0.15, -0.1) is 0 Å². The molecule has 2 aromatic carbocycles. The Morgan fingerprint density at radius 3 is 2.43 bits per heavy atom. The Hall–Kier alpha value is -1.95. The predicted molar refractivity (Wildman–Crippen MR) is 82.7 cm³/mol. The number of rotatable bonds is 3. The Balaban J connectivity index is 2.26. The number of carbonyl (C=O) groups is 1. The monoisotopic (exact) mass is 354 g/mol. The van der Waals surface area contributed by atoms with Crippen LogP contribution in [0.4, 0.5) is 20.2 Å². The second-order valence-electron chi connectivity index (χ2n) is 4.48. The Morgan fingerprint density at radius 1 is 1.10 bits per heavy atom. The van der Waals surface area contributed by atoms with Gasteiger partial charge in [0.05, 0.1) is 10.2 Å². The molecular weight excluding hydrogens is 342 g/mol. The summed E-state index contributed by atoms with van der Waals surface area (Å²) >= 11 is 2.88. The minimum absolute atomic E-state index is 0.00668. The van der Waals surface area contributed by atoms with Gasteiger partial charge in [0, 0.05) is 24.4 Å². The number of anilines is 2. The van der Waals surface area contributed by atoms with Crippen molar-refractivity contribution < 1.29 is 13.6 Å². The zero-order valence-electron chi connectivity index (χ0n) is 11.4. The molecule has 1 amide bonds. The molecule has 0 atom stereocenters. The van der Waals surface area contributed by atoms with Crippen LogP contribution >= 0.6 is 15.9 Å². The zero-order chi connectivity index (χ0) is 15.6. The molecule has 2 rings (SSSR count). The van der Waals surface area contributed by atoms with Crippen molar-refractivity contribution in [3.8, 4) is 0 Å². The maximum Gasteiger partial charge on any atom is 0.255 e. The third-order valence-electron chi connectivity index (χ3n) is 3.02. The summed E-state index contributed by atoms with van der Waals surface area (Å²) in [5.41, 5.74) is 1.95. The molecule has 0 saturated heterocycles. The van der Waals surface area contributed by atoms with Gasteiger partial charge in [-0.3, -0.25) is 4.79 Å². The molecule has 6 heteroatoms. The molecule has 0 fully saturated rings. The average Bonchev–Trinajstić information content (AvgIpc) is 2.44. The van der Waals surface area contributed by atoms with Crippen LogP contribution < -0.4 is 10.6 Å². The summed E-state index contributed by atoms with van der Waals surface area (Å²) < 4.78 is 27.1. The number of amides is 1. The Bertz CT molecular complexity index is 704. The van der Waals surface area contributed by atoms with E-state index in [0.29, 0.717) is 5.56 Å². The molecule has 0 bridgehead atoms. The van der Waals surface area contributed by atoms with E-state index < -0.39 is 17.5 Å². The molecular formula is C15H13BrF2N2O. The molecule has 3 nitrogen and oxygen atoms in total. The van der Waals surface area contributed by atoms with Crippen molar-refractivity contribution in [2.75, 3.05) is 17.7 Å². The van der Waals surface area contributed by atoms with Crippen molar-refractivity contribution in [1.29, 1.82) is 0 Å². The van der Waals surface area contributed by atoms with Crippen molar-refractivity contribution in [3.63, 3.8) is 0 Å². The van der Waals surface area contributed by atoms with Crippen molar-refractivity contribution in [2.24, 2.45) is 0 Å². The fourth-order valence-corrected chi connectivity index (χ4v) is 2.21. The van der Waals surface area contributed by atoms with Crippen LogP contribution in [0.1, 0.15) is 15.9 Å². The minimum atomic E-state index is -0.708. The normalized spacial score (nSPS) is 10.3. The summed E-state index contributed by atoms with van der Waals surface area (Å²) in [6.07, 6.45) is 0. The van der Waals surface area contributed by atoms with Crippen LogP contribution in [0.15, 0.2) is 34.8 Å². The van der Waals surface area contributed by atoms with E-state index in [2.05, 4.69) is 26.6 Å². The first-order valence-corrected chi connectivity index (χ1v) is 6.96. The highest BCUT2D eigenvalue weighted by Gasteiger charge is 2.13. The molecule has 0 radical (unpaired) electrons. The van der Waals surface area contributed by atoms with Crippen molar-refractivity contribution in [3.05, 3.63) is 57.6 Å². The van der Waals surface area contributed by atoms with Gasteiger partial charge in [-0.1, -0.05) is 0 Å². The minimum Gasteiger partial charge on any atom is -0.388 e. The van der Waals surface area contributed by atoms with E-state index in [1.165, 1.54) is 0 Å². The molecule has 0 aliphatic rings. The molecule has 2 N–H and O–H groups in total. The van der Waals surface area contributed by atoms with Gasteiger partial charge in [-0.05, 0) is 52.7 Å². The number of aryl methyl sites for hydroxylation is 1. The summed E-state index contributed by atoms with van der Waals surface area (Å²) in [5.74, 6) is -1.85. The van der Waals surface area contributed by atoms with Crippen molar-refractivity contribution in [2.45, 2.75) is 6.92 Å². The summed E-state index contributed by atoms with van der Waals surface area (Å²) in [6.45, 7) is 1.85. The lowest BCUT2D eigenvalue weighted by atomic mass is 10.1.